The Hall–Kier alpha value is -1.36. The number of hydrogen-bond acceptors (Lipinski definition) is 4. The molecule has 0 aliphatic rings. The topological polar surface area (TPSA) is 36.9 Å². The Kier molecular flexibility index (Phi) is 13.8. The fourth-order valence-corrected chi connectivity index (χ4v) is 2.64. The Labute approximate surface area is 159 Å². The second kappa shape index (κ2) is 15.9. The molecule has 0 heterocycles. The molecule has 1 unspecified atom stereocenters. The third-order valence-electron chi connectivity index (χ3n) is 4.14. The largest absolute Gasteiger partial charge is 0.491 e. The van der Waals surface area contributed by atoms with Gasteiger partial charge in [0.05, 0.1) is 13.2 Å². The standard InChI is InChI=1S/C22H36O4/c1-4-6-7-8-9-10-11-20-12-14-21(15-13-20)25-18-22(26-19-23-3)17-24-16-5-2/h5,12-15,22H,2,4,6-11,16-19H2,1,3H3. The molecule has 1 aromatic rings. The number of hydrogen-bond donors (Lipinski definition) is 0. The van der Waals surface area contributed by atoms with Gasteiger partial charge in [0.2, 0.25) is 0 Å². The maximum atomic E-state index is 5.83. The third kappa shape index (κ3) is 11.3. The lowest BCUT2D eigenvalue weighted by Gasteiger charge is -2.18. The van der Waals surface area contributed by atoms with Gasteiger partial charge in [-0.25, -0.2) is 0 Å². The molecule has 4 nitrogen and oxygen atoms in total. The zero-order chi connectivity index (χ0) is 18.9. The fourth-order valence-electron chi connectivity index (χ4n) is 2.64. The van der Waals surface area contributed by atoms with Crippen molar-refractivity contribution < 1.29 is 18.9 Å². The molecule has 26 heavy (non-hydrogen) atoms. The van der Waals surface area contributed by atoms with Crippen LogP contribution in [0.1, 0.15) is 51.0 Å². The Balaban J connectivity index is 2.29. The van der Waals surface area contributed by atoms with E-state index < -0.39 is 0 Å². The minimum atomic E-state index is -0.169. The Morgan fingerprint density at radius 3 is 2.42 bits per heavy atom. The van der Waals surface area contributed by atoms with Crippen molar-refractivity contribution in [1.29, 1.82) is 0 Å². The van der Waals surface area contributed by atoms with Gasteiger partial charge in [0.15, 0.2) is 0 Å². The van der Waals surface area contributed by atoms with E-state index >= 15 is 0 Å². The van der Waals surface area contributed by atoms with Gasteiger partial charge < -0.3 is 18.9 Å². The lowest BCUT2D eigenvalue weighted by Crippen LogP contribution is -2.28. The van der Waals surface area contributed by atoms with Crippen LogP contribution in [0.3, 0.4) is 0 Å². The van der Waals surface area contributed by atoms with Crippen LogP contribution in [0.5, 0.6) is 5.75 Å². The molecule has 1 aromatic carbocycles. The van der Waals surface area contributed by atoms with E-state index in [1.54, 1.807) is 13.2 Å². The molecule has 0 bridgehead atoms. The van der Waals surface area contributed by atoms with Gasteiger partial charge in [0.25, 0.3) is 0 Å². The number of methoxy groups -OCH3 is 1. The maximum Gasteiger partial charge on any atom is 0.147 e. The van der Waals surface area contributed by atoms with Crippen LogP contribution in [-0.2, 0) is 20.6 Å². The number of aryl methyl sites for hydroxylation is 1. The highest BCUT2D eigenvalue weighted by molar-refractivity contribution is 5.27. The molecule has 0 aliphatic heterocycles. The van der Waals surface area contributed by atoms with Crippen LogP contribution in [-0.4, -0.2) is 39.8 Å². The SMILES string of the molecule is C=CCOCC(COc1ccc(CCCCCCCC)cc1)OCOC. The van der Waals surface area contributed by atoms with Gasteiger partial charge in [-0.1, -0.05) is 57.2 Å². The second-order valence-electron chi connectivity index (χ2n) is 6.49. The molecule has 148 valence electrons. The predicted octanol–water partition coefficient (Wildman–Crippen LogP) is 5.16. The minimum absolute atomic E-state index is 0.169. The zero-order valence-electron chi connectivity index (χ0n) is 16.6. The fraction of sp³-hybridized carbons (Fsp3) is 0.636. The second-order valence-corrected chi connectivity index (χ2v) is 6.49. The first kappa shape index (κ1) is 22.7. The average Bonchev–Trinajstić information content (AvgIpc) is 2.67. The zero-order valence-corrected chi connectivity index (χ0v) is 16.6. The van der Waals surface area contributed by atoms with Gasteiger partial charge >= 0.3 is 0 Å². The van der Waals surface area contributed by atoms with Gasteiger partial charge in [-0.15, -0.1) is 6.58 Å². The molecular weight excluding hydrogens is 328 g/mol. The maximum absolute atomic E-state index is 5.83. The van der Waals surface area contributed by atoms with E-state index in [4.69, 9.17) is 18.9 Å². The Bertz CT molecular complexity index is 444. The monoisotopic (exact) mass is 364 g/mol. The minimum Gasteiger partial charge on any atom is -0.491 e. The average molecular weight is 365 g/mol. The number of ether oxygens (including phenoxy) is 4. The molecule has 1 rings (SSSR count). The van der Waals surface area contributed by atoms with Crippen molar-refractivity contribution in [1.82, 2.24) is 0 Å². The summed E-state index contributed by atoms with van der Waals surface area (Å²) >= 11 is 0. The smallest absolute Gasteiger partial charge is 0.147 e. The van der Waals surface area contributed by atoms with Crippen molar-refractivity contribution in [2.75, 3.05) is 33.7 Å². The molecule has 0 aliphatic carbocycles. The summed E-state index contributed by atoms with van der Waals surface area (Å²) < 4.78 is 21.8. The lowest BCUT2D eigenvalue weighted by atomic mass is 10.0. The van der Waals surface area contributed by atoms with Crippen molar-refractivity contribution in [3.63, 3.8) is 0 Å². The van der Waals surface area contributed by atoms with Crippen LogP contribution in [0.15, 0.2) is 36.9 Å². The summed E-state index contributed by atoms with van der Waals surface area (Å²) in [5.74, 6) is 0.853. The van der Waals surface area contributed by atoms with Gasteiger partial charge in [0.1, 0.15) is 25.3 Å². The summed E-state index contributed by atoms with van der Waals surface area (Å²) in [6.07, 6.45) is 10.7. The van der Waals surface area contributed by atoms with Gasteiger partial charge in [-0.3, -0.25) is 0 Å². The van der Waals surface area contributed by atoms with E-state index in [0.29, 0.717) is 19.8 Å². The molecule has 0 fully saturated rings. The third-order valence-corrected chi connectivity index (χ3v) is 4.14. The molecule has 0 N–H and O–H groups in total. The highest BCUT2D eigenvalue weighted by atomic mass is 16.7. The van der Waals surface area contributed by atoms with E-state index in [2.05, 4.69) is 25.6 Å². The first-order chi connectivity index (χ1) is 12.8. The number of benzene rings is 1. The molecule has 0 radical (unpaired) electrons. The molecule has 0 aromatic heterocycles. The molecule has 4 heteroatoms. The van der Waals surface area contributed by atoms with Gasteiger partial charge in [0, 0.05) is 7.11 Å². The molecule has 1 atom stereocenters. The normalized spacial score (nSPS) is 12.1. The summed E-state index contributed by atoms with van der Waals surface area (Å²) in [6, 6.07) is 8.37. The summed E-state index contributed by atoms with van der Waals surface area (Å²) in [5.41, 5.74) is 1.37. The molecular formula is C22H36O4. The lowest BCUT2D eigenvalue weighted by molar-refractivity contribution is -0.106. The van der Waals surface area contributed by atoms with Crippen LogP contribution >= 0.6 is 0 Å². The van der Waals surface area contributed by atoms with E-state index in [0.717, 1.165) is 12.2 Å². The molecule has 0 saturated heterocycles. The van der Waals surface area contributed by atoms with Gasteiger partial charge in [-0.2, -0.15) is 0 Å². The van der Waals surface area contributed by atoms with Gasteiger partial charge in [-0.05, 0) is 30.5 Å². The Morgan fingerprint density at radius 2 is 1.73 bits per heavy atom. The highest BCUT2D eigenvalue weighted by Crippen LogP contribution is 2.15. The number of rotatable bonds is 17. The van der Waals surface area contributed by atoms with Crippen molar-refractivity contribution in [2.45, 2.75) is 58.0 Å². The summed E-state index contributed by atoms with van der Waals surface area (Å²) in [7, 11) is 1.60. The van der Waals surface area contributed by atoms with Crippen LogP contribution in [0, 0.1) is 0 Å². The summed E-state index contributed by atoms with van der Waals surface area (Å²) in [5, 5.41) is 0. The van der Waals surface area contributed by atoms with Crippen molar-refractivity contribution >= 4 is 0 Å². The summed E-state index contributed by atoms with van der Waals surface area (Å²) in [6.45, 7) is 7.50. The van der Waals surface area contributed by atoms with Crippen molar-refractivity contribution in [2.24, 2.45) is 0 Å². The van der Waals surface area contributed by atoms with E-state index in [9.17, 15) is 0 Å². The first-order valence-corrected chi connectivity index (χ1v) is 9.81. The predicted molar refractivity (Wildman–Crippen MR) is 107 cm³/mol. The quantitative estimate of drug-likeness (QED) is 0.217. The van der Waals surface area contributed by atoms with Crippen LogP contribution < -0.4 is 4.74 Å². The number of unbranched alkanes of at least 4 members (excludes halogenated alkanes) is 5. The molecule has 0 saturated carbocycles. The van der Waals surface area contributed by atoms with Crippen LogP contribution in [0.2, 0.25) is 0 Å². The van der Waals surface area contributed by atoms with E-state index in [1.165, 1.54) is 44.1 Å². The first-order valence-electron chi connectivity index (χ1n) is 9.81. The van der Waals surface area contributed by atoms with Crippen molar-refractivity contribution in [3.8, 4) is 5.75 Å². The van der Waals surface area contributed by atoms with E-state index in [-0.39, 0.29) is 12.9 Å². The van der Waals surface area contributed by atoms with E-state index in [1.807, 2.05) is 12.1 Å². The Morgan fingerprint density at radius 1 is 1.00 bits per heavy atom. The van der Waals surface area contributed by atoms with Crippen LogP contribution in [0.25, 0.3) is 0 Å². The molecule has 0 spiro atoms. The molecule has 0 amide bonds. The summed E-state index contributed by atoms with van der Waals surface area (Å²) in [4.78, 5) is 0. The highest BCUT2D eigenvalue weighted by Gasteiger charge is 2.10. The van der Waals surface area contributed by atoms with Crippen molar-refractivity contribution in [3.05, 3.63) is 42.5 Å². The van der Waals surface area contributed by atoms with Crippen LogP contribution in [0.4, 0.5) is 0 Å².